The summed E-state index contributed by atoms with van der Waals surface area (Å²) in [6, 6.07) is 5.73. The van der Waals surface area contributed by atoms with Gasteiger partial charge in [-0.2, -0.15) is 23.5 Å². The average molecular weight is 580 g/mol. The van der Waals surface area contributed by atoms with Crippen LogP contribution in [-0.4, -0.2) is 89.7 Å². The Morgan fingerprint density at radius 2 is 2.00 bits per heavy atom. The van der Waals surface area contributed by atoms with Crippen LogP contribution in [-0.2, 0) is 18.3 Å². The highest BCUT2D eigenvalue weighted by Crippen LogP contribution is 2.45. The summed E-state index contributed by atoms with van der Waals surface area (Å²) in [7, 11) is 1.59. The van der Waals surface area contributed by atoms with Crippen molar-refractivity contribution in [1.82, 2.24) is 49.8 Å². The predicted molar refractivity (Wildman–Crippen MR) is 144 cm³/mol. The van der Waals surface area contributed by atoms with Gasteiger partial charge in [-0.1, -0.05) is 0 Å². The number of alkyl halides is 3. The number of aromatic nitrogens is 7. The minimum absolute atomic E-state index is 0.0824. The molecule has 1 aliphatic carbocycles. The molecular weight excluding hydrogens is 551 g/mol. The molecule has 4 aromatic heterocycles. The molecule has 0 bridgehead atoms. The number of fused-ring (bicyclic) bond motifs is 1. The number of nitrogens with zero attached hydrogens (tertiary/aromatic N) is 9. The number of nitrogens with one attached hydrogen (secondary N) is 2. The first-order valence-electron chi connectivity index (χ1n) is 13.5. The van der Waals surface area contributed by atoms with E-state index in [-0.39, 0.29) is 24.0 Å². The van der Waals surface area contributed by atoms with Crippen molar-refractivity contribution in [2.45, 2.75) is 43.6 Å². The molecule has 15 heteroatoms. The summed E-state index contributed by atoms with van der Waals surface area (Å²) in [4.78, 5) is 35.8. The van der Waals surface area contributed by atoms with Crippen molar-refractivity contribution in [2.24, 2.45) is 0 Å². The van der Waals surface area contributed by atoms with E-state index in [2.05, 4.69) is 46.3 Å². The molecule has 1 saturated heterocycles. The van der Waals surface area contributed by atoms with Crippen LogP contribution in [0.5, 0.6) is 0 Å². The molecule has 0 radical (unpaired) electrons. The Kier molecular flexibility index (Phi) is 7.11. The molecule has 6 rings (SSSR count). The van der Waals surface area contributed by atoms with Crippen molar-refractivity contribution in [3.05, 3.63) is 54.3 Å². The van der Waals surface area contributed by atoms with E-state index in [0.717, 1.165) is 22.3 Å². The van der Waals surface area contributed by atoms with Gasteiger partial charge in [-0.15, -0.1) is 0 Å². The van der Waals surface area contributed by atoms with Crippen LogP contribution in [0.4, 0.5) is 13.2 Å². The smallest absolute Gasteiger partial charge is 0.346 e. The Morgan fingerprint density at radius 1 is 1.21 bits per heavy atom. The third-order valence-electron chi connectivity index (χ3n) is 8.06. The maximum atomic E-state index is 13.3. The summed E-state index contributed by atoms with van der Waals surface area (Å²) in [5, 5.41) is 17.9. The number of amides is 1. The van der Waals surface area contributed by atoms with Crippen molar-refractivity contribution in [3.63, 3.8) is 0 Å². The van der Waals surface area contributed by atoms with Crippen LogP contribution in [0.3, 0.4) is 0 Å². The van der Waals surface area contributed by atoms with Crippen molar-refractivity contribution in [1.29, 1.82) is 5.26 Å². The fraction of sp³-hybridized carbons (Fsp3) is 0.444. The van der Waals surface area contributed by atoms with Gasteiger partial charge in [-0.25, -0.2) is 19.9 Å². The molecule has 2 N–H and O–H groups in total. The maximum Gasteiger partial charge on any atom is 0.451 e. The highest BCUT2D eigenvalue weighted by Gasteiger charge is 2.49. The van der Waals surface area contributed by atoms with Crippen LogP contribution in [0.15, 0.2) is 37.1 Å². The topological polar surface area (TPSA) is 145 Å². The fourth-order valence-electron chi connectivity index (χ4n) is 5.90. The van der Waals surface area contributed by atoms with E-state index >= 15 is 0 Å². The quantitative estimate of drug-likeness (QED) is 0.338. The van der Waals surface area contributed by atoms with E-state index in [0.29, 0.717) is 45.4 Å². The zero-order chi connectivity index (χ0) is 29.5. The first-order chi connectivity index (χ1) is 20.2. The van der Waals surface area contributed by atoms with Gasteiger partial charge in [0.2, 0.25) is 5.82 Å². The third-order valence-corrected chi connectivity index (χ3v) is 8.06. The zero-order valence-corrected chi connectivity index (χ0v) is 22.8. The third kappa shape index (κ3) is 5.07. The number of piperazine rings is 1. The molecule has 4 aromatic rings. The number of aromatic amines is 1. The van der Waals surface area contributed by atoms with Gasteiger partial charge < -0.3 is 15.2 Å². The number of rotatable bonds is 7. The number of nitriles is 1. The van der Waals surface area contributed by atoms with Crippen molar-refractivity contribution in [3.8, 4) is 17.3 Å². The molecule has 218 valence electrons. The monoisotopic (exact) mass is 579 g/mol. The Hall–Kier alpha value is -4.42. The van der Waals surface area contributed by atoms with E-state index in [1.54, 1.807) is 13.2 Å². The van der Waals surface area contributed by atoms with E-state index in [1.165, 1.54) is 17.3 Å². The number of hydrogen-bond donors (Lipinski definition) is 2. The molecule has 0 aromatic carbocycles. The summed E-state index contributed by atoms with van der Waals surface area (Å²) in [6.07, 6.45) is 3.97. The molecule has 1 aliphatic heterocycles. The maximum absolute atomic E-state index is 13.3. The van der Waals surface area contributed by atoms with Crippen LogP contribution in [0.2, 0.25) is 0 Å². The Labute approximate surface area is 238 Å². The van der Waals surface area contributed by atoms with Crippen LogP contribution in [0.1, 0.15) is 41.3 Å². The van der Waals surface area contributed by atoms with Gasteiger partial charge in [0.15, 0.2) is 0 Å². The lowest BCUT2D eigenvalue weighted by Crippen LogP contribution is -2.60. The first kappa shape index (κ1) is 27.7. The normalized spacial score (nSPS) is 21.3. The van der Waals surface area contributed by atoms with Gasteiger partial charge in [0.05, 0.1) is 35.6 Å². The average Bonchev–Trinajstić information content (AvgIpc) is 3.64. The van der Waals surface area contributed by atoms with Gasteiger partial charge in [0.1, 0.15) is 17.7 Å². The van der Waals surface area contributed by atoms with Gasteiger partial charge in [-0.05, 0) is 32.0 Å². The van der Waals surface area contributed by atoms with Crippen molar-refractivity contribution < 1.29 is 18.0 Å². The summed E-state index contributed by atoms with van der Waals surface area (Å²) in [5.74, 6) is -1.86. The van der Waals surface area contributed by atoms with E-state index in [9.17, 15) is 23.2 Å². The van der Waals surface area contributed by atoms with Crippen LogP contribution < -0.4 is 5.32 Å². The SMILES string of the molecule is CNCc1cc(C(=O)N2CCN(C3CC(CC#N)(n4cc(-c5ncnc6[nH]ccc56)cn4)C3)CC2)nc(C(F)(F)F)n1. The predicted octanol–water partition coefficient (Wildman–Crippen LogP) is 2.58. The van der Waals surface area contributed by atoms with Gasteiger partial charge in [0.25, 0.3) is 5.91 Å². The summed E-state index contributed by atoms with van der Waals surface area (Å²) in [6.45, 7) is 1.94. The summed E-state index contributed by atoms with van der Waals surface area (Å²) in [5.41, 5.74) is 1.73. The highest BCUT2D eigenvalue weighted by molar-refractivity contribution is 5.92. The van der Waals surface area contributed by atoms with Crippen LogP contribution in [0, 0.1) is 11.3 Å². The number of hydrogen-bond acceptors (Lipinski definition) is 9. The lowest BCUT2D eigenvalue weighted by molar-refractivity contribution is -0.145. The highest BCUT2D eigenvalue weighted by atomic mass is 19.4. The molecule has 1 amide bonds. The number of carbonyl (C=O) groups is 1. The molecular formula is C27H28F3N11O. The van der Waals surface area contributed by atoms with Crippen LogP contribution >= 0.6 is 0 Å². The largest absolute Gasteiger partial charge is 0.451 e. The van der Waals surface area contributed by atoms with E-state index in [1.807, 2.05) is 23.1 Å². The molecule has 2 aliphatic rings. The Bertz CT molecular complexity index is 1640. The van der Waals surface area contributed by atoms with E-state index < -0.39 is 23.4 Å². The molecule has 2 fully saturated rings. The minimum Gasteiger partial charge on any atom is -0.346 e. The first-order valence-corrected chi connectivity index (χ1v) is 13.5. The standard InChI is InChI=1S/C27H28F3N11O/c1-32-14-18-10-21(38-25(37-18)27(28,29)30)24(42)40-8-6-39(7-9-40)19-11-26(12-19,3-4-31)41-15-17(13-36-41)22-20-2-5-33-23(20)35-16-34-22/h2,5,10,13,15-16,19,32H,3,6-9,11-12,14H2,1H3,(H,33,34,35). The van der Waals surface area contributed by atoms with Gasteiger partial charge in [-0.3, -0.25) is 14.4 Å². The van der Waals surface area contributed by atoms with Gasteiger partial charge >= 0.3 is 6.18 Å². The van der Waals surface area contributed by atoms with Gasteiger partial charge in [0, 0.05) is 62.1 Å². The molecule has 1 saturated carbocycles. The lowest BCUT2D eigenvalue weighted by Gasteiger charge is -2.52. The summed E-state index contributed by atoms with van der Waals surface area (Å²) >= 11 is 0. The molecule has 12 nitrogen and oxygen atoms in total. The van der Waals surface area contributed by atoms with E-state index in [4.69, 9.17) is 0 Å². The lowest BCUT2D eigenvalue weighted by atomic mass is 9.70. The Balaban J connectivity index is 1.11. The number of carbonyl (C=O) groups excluding carboxylic acids is 1. The fourth-order valence-corrected chi connectivity index (χ4v) is 5.90. The molecule has 0 spiro atoms. The number of H-pyrrole nitrogens is 1. The zero-order valence-electron chi connectivity index (χ0n) is 22.8. The molecule has 0 atom stereocenters. The molecule has 0 unspecified atom stereocenters. The van der Waals surface area contributed by atoms with Crippen molar-refractivity contribution >= 4 is 16.9 Å². The molecule has 5 heterocycles. The Morgan fingerprint density at radius 3 is 2.71 bits per heavy atom. The second kappa shape index (κ2) is 10.8. The molecule has 42 heavy (non-hydrogen) atoms. The van der Waals surface area contributed by atoms with Crippen molar-refractivity contribution in [2.75, 3.05) is 33.2 Å². The summed E-state index contributed by atoms with van der Waals surface area (Å²) < 4.78 is 41.9. The number of halogens is 3. The minimum atomic E-state index is -4.75. The van der Waals surface area contributed by atoms with Crippen LogP contribution in [0.25, 0.3) is 22.3 Å². The second-order valence-corrected chi connectivity index (χ2v) is 10.7. The second-order valence-electron chi connectivity index (χ2n) is 10.7.